The molecule has 0 aliphatic carbocycles. The van der Waals surface area contributed by atoms with Gasteiger partial charge in [-0.15, -0.1) is 0 Å². The summed E-state index contributed by atoms with van der Waals surface area (Å²) in [4.78, 5) is 3.97. The molecule has 0 aliphatic heterocycles. The van der Waals surface area contributed by atoms with Crippen molar-refractivity contribution < 1.29 is 9.52 Å². The molecule has 2 aromatic rings. The number of aliphatic hydroxyl groups excluding tert-OH is 1. The molecule has 0 saturated carbocycles. The van der Waals surface area contributed by atoms with Gasteiger partial charge in [0.15, 0.2) is 0 Å². The molecule has 56 valence electrons. The molecule has 0 bridgehead atoms. The van der Waals surface area contributed by atoms with Crippen LogP contribution in [0.15, 0.2) is 29.0 Å². The Hall–Kier alpha value is -1.35. The first kappa shape index (κ1) is 6.37. The maximum absolute atomic E-state index is 8.84. The molecule has 2 rings (SSSR count). The SMILES string of the molecule is OCc1coc2ncccc12. The smallest absolute Gasteiger partial charge is 0.226 e. The van der Waals surface area contributed by atoms with E-state index in [2.05, 4.69) is 4.98 Å². The molecule has 3 nitrogen and oxygen atoms in total. The lowest BCUT2D eigenvalue weighted by Crippen LogP contribution is -1.78. The van der Waals surface area contributed by atoms with Gasteiger partial charge in [0.25, 0.3) is 0 Å². The van der Waals surface area contributed by atoms with Gasteiger partial charge in [-0.3, -0.25) is 0 Å². The van der Waals surface area contributed by atoms with Gasteiger partial charge in [0.2, 0.25) is 5.71 Å². The van der Waals surface area contributed by atoms with Crippen molar-refractivity contribution >= 4 is 11.1 Å². The Morgan fingerprint density at radius 1 is 1.55 bits per heavy atom. The third-order valence-corrected chi connectivity index (χ3v) is 1.60. The molecule has 0 atom stereocenters. The summed E-state index contributed by atoms with van der Waals surface area (Å²) in [5, 5.41) is 9.72. The normalized spacial score (nSPS) is 10.6. The Labute approximate surface area is 63.3 Å². The van der Waals surface area contributed by atoms with Crippen molar-refractivity contribution in [1.82, 2.24) is 4.98 Å². The first-order valence-electron chi connectivity index (χ1n) is 3.34. The maximum Gasteiger partial charge on any atom is 0.226 e. The third-order valence-electron chi connectivity index (χ3n) is 1.60. The van der Waals surface area contributed by atoms with Gasteiger partial charge < -0.3 is 9.52 Å². The number of hydrogen-bond acceptors (Lipinski definition) is 3. The highest BCUT2D eigenvalue weighted by Crippen LogP contribution is 2.17. The Morgan fingerprint density at radius 2 is 2.45 bits per heavy atom. The summed E-state index contributed by atoms with van der Waals surface area (Å²) in [6, 6.07) is 3.69. The van der Waals surface area contributed by atoms with Crippen molar-refractivity contribution in [1.29, 1.82) is 0 Å². The lowest BCUT2D eigenvalue weighted by molar-refractivity contribution is 0.281. The van der Waals surface area contributed by atoms with Crippen LogP contribution in [0, 0.1) is 0 Å². The fraction of sp³-hybridized carbons (Fsp3) is 0.125. The predicted molar refractivity (Wildman–Crippen MR) is 39.9 cm³/mol. The molecule has 0 saturated heterocycles. The van der Waals surface area contributed by atoms with E-state index in [1.165, 1.54) is 6.26 Å². The second kappa shape index (κ2) is 2.36. The van der Waals surface area contributed by atoms with Gasteiger partial charge in [0.1, 0.15) is 0 Å². The van der Waals surface area contributed by atoms with Gasteiger partial charge in [0.05, 0.1) is 12.9 Å². The highest BCUT2D eigenvalue weighted by Gasteiger charge is 2.02. The lowest BCUT2D eigenvalue weighted by atomic mass is 10.2. The molecule has 1 N–H and O–H groups in total. The van der Waals surface area contributed by atoms with E-state index in [1.807, 2.05) is 12.1 Å². The summed E-state index contributed by atoms with van der Waals surface area (Å²) in [7, 11) is 0. The monoisotopic (exact) mass is 149 g/mol. The molecule has 0 radical (unpaired) electrons. The number of pyridine rings is 1. The van der Waals surface area contributed by atoms with Crippen LogP contribution < -0.4 is 0 Å². The Kier molecular flexibility index (Phi) is 1.36. The first-order valence-corrected chi connectivity index (χ1v) is 3.34. The van der Waals surface area contributed by atoms with Gasteiger partial charge in [0, 0.05) is 17.1 Å². The minimum Gasteiger partial charge on any atom is -0.446 e. The second-order valence-electron chi connectivity index (χ2n) is 2.28. The molecule has 0 unspecified atom stereocenters. The molecule has 11 heavy (non-hydrogen) atoms. The van der Waals surface area contributed by atoms with E-state index in [9.17, 15) is 0 Å². The molecule has 0 aliphatic rings. The largest absolute Gasteiger partial charge is 0.446 e. The number of hydrogen-bond donors (Lipinski definition) is 1. The number of fused-ring (bicyclic) bond motifs is 1. The molecule has 3 heteroatoms. The standard InChI is InChI=1S/C8H7NO2/c10-4-6-5-11-8-7(6)2-1-3-9-8/h1-3,5,10H,4H2. The van der Waals surface area contributed by atoms with Crippen molar-refractivity contribution in [2.24, 2.45) is 0 Å². The quantitative estimate of drug-likeness (QED) is 0.665. The van der Waals surface area contributed by atoms with E-state index in [0.29, 0.717) is 5.71 Å². The predicted octanol–water partition coefficient (Wildman–Crippen LogP) is 1.32. The van der Waals surface area contributed by atoms with E-state index in [4.69, 9.17) is 9.52 Å². The van der Waals surface area contributed by atoms with E-state index in [0.717, 1.165) is 10.9 Å². The summed E-state index contributed by atoms with van der Waals surface area (Å²) in [6.07, 6.45) is 3.19. The van der Waals surface area contributed by atoms with Crippen molar-refractivity contribution in [2.75, 3.05) is 0 Å². The van der Waals surface area contributed by atoms with Gasteiger partial charge in [-0.1, -0.05) is 0 Å². The fourth-order valence-corrected chi connectivity index (χ4v) is 1.04. The van der Waals surface area contributed by atoms with Crippen LogP contribution in [-0.2, 0) is 6.61 Å². The van der Waals surface area contributed by atoms with E-state index < -0.39 is 0 Å². The van der Waals surface area contributed by atoms with Crippen LogP contribution in [0.3, 0.4) is 0 Å². The van der Waals surface area contributed by atoms with Crippen LogP contribution in [0.5, 0.6) is 0 Å². The maximum atomic E-state index is 8.84. The number of rotatable bonds is 1. The molecule has 0 spiro atoms. The molecular formula is C8H7NO2. The molecule has 0 amide bonds. The van der Waals surface area contributed by atoms with Crippen LogP contribution in [0.25, 0.3) is 11.1 Å². The zero-order valence-electron chi connectivity index (χ0n) is 5.82. The van der Waals surface area contributed by atoms with Crippen LogP contribution >= 0.6 is 0 Å². The van der Waals surface area contributed by atoms with E-state index >= 15 is 0 Å². The zero-order valence-corrected chi connectivity index (χ0v) is 5.82. The number of aromatic nitrogens is 1. The first-order chi connectivity index (χ1) is 5.42. The summed E-state index contributed by atoms with van der Waals surface area (Å²) >= 11 is 0. The topological polar surface area (TPSA) is 46.3 Å². The summed E-state index contributed by atoms with van der Waals surface area (Å²) in [5.74, 6) is 0. The summed E-state index contributed by atoms with van der Waals surface area (Å²) in [6.45, 7) is -0.00130. The average molecular weight is 149 g/mol. The van der Waals surface area contributed by atoms with Crippen LogP contribution in [0.2, 0.25) is 0 Å². The minimum atomic E-state index is -0.00130. The van der Waals surface area contributed by atoms with Gasteiger partial charge in [-0.25, -0.2) is 4.98 Å². The van der Waals surface area contributed by atoms with E-state index in [1.54, 1.807) is 6.20 Å². The number of nitrogens with zero attached hydrogens (tertiary/aromatic N) is 1. The number of furan rings is 1. The minimum absolute atomic E-state index is 0.00130. The Morgan fingerprint density at radius 3 is 3.27 bits per heavy atom. The third kappa shape index (κ3) is 0.897. The molecule has 2 aromatic heterocycles. The molecular weight excluding hydrogens is 142 g/mol. The molecule has 0 fully saturated rings. The fourth-order valence-electron chi connectivity index (χ4n) is 1.04. The van der Waals surface area contributed by atoms with Crippen molar-refractivity contribution in [3.63, 3.8) is 0 Å². The highest BCUT2D eigenvalue weighted by molar-refractivity contribution is 5.76. The van der Waals surface area contributed by atoms with Crippen LogP contribution in [0.4, 0.5) is 0 Å². The molecule has 0 aromatic carbocycles. The highest BCUT2D eigenvalue weighted by atomic mass is 16.3. The van der Waals surface area contributed by atoms with Gasteiger partial charge in [-0.05, 0) is 12.1 Å². The summed E-state index contributed by atoms with van der Waals surface area (Å²) < 4.78 is 5.07. The van der Waals surface area contributed by atoms with E-state index in [-0.39, 0.29) is 6.61 Å². The van der Waals surface area contributed by atoms with Crippen molar-refractivity contribution in [3.05, 3.63) is 30.2 Å². The Bertz CT molecular complexity index is 367. The van der Waals surface area contributed by atoms with Crippen molar-refractivity contribution in [2.45, 2.75) is 6.61 Å². The van der Waals surface area contributed by atoms with Crippen LogP contribution in [-0.4, -0.2) is 10.1 Å². The lowest BCUT2D eigenvalue weighted by Gasteiger charge is -1.87. The van der Waals surface area contributed by atoms with Gasteiger partial charge in [-0.2, -0.15) is 0 Å². The van der Waals surface area contributed by atoms with Crippen molar-refractivity contribution in [3.8, 4) is 0 Å². The van der Waals surface area contributed by atoms with Crippen LogP contribution in [0.1, 0.15) is 5.56 Å². The molecule has 2 heterocycles. The Balaban J connectivity index is 2.76. The number of aliphatic hydroxyl groups is 1. The zero-order chi connectivity index (χ0) is 7.68. The average Bonchev–Trinajstić information content (AvgIpc) is 2.47. The second-order valence-corrected chi connectivity index (χ2v) is 2.28. The summed E-state index contributed by atoms with van der Waals surface area (Å²) in [5.41, 5.74) is 1.37. The van der Waals surface area contributed by atoms with Gasteiger partial charge >= 0.3 is 0 Å².